The first kappa shape index (κ1) is 21.3. The quantitative estimate of drug-likeness (QED) is 0.359. The lowest BCUT2D eigenvalue weighted by Crippen LogP contribution is -2.12. The number of methoxy groups -OCH3 is 2. The molecular weight excluding hydrogens is 360 g/mol. The smallest absolute Gasteiger partial charge is 0.343 e. The van der Waals surface area contributed by atoms with Gasteiger partial charge in [0, 0.05) is 0 Å². The lowest BCUT2D eigenvalue weighted by molar-refractivity contribution is 0.0494. The molecule has 0 aromatic heterocycles. The van der Waals surface area contributed by atoms with E-state index in [-0.39, 0.29) is 11.3 Å². The normalized spacial score (nSPS) is 10.5. The van der Waals surface area contributed by atoms with Crippen LogP contribution in [0.5, 0.6) is 17.2 Å². The Morgan fingerprint density at radius 2 is 1.46 bits per heavy atom. The number of carbonyl (C=O) groups excluding carboxylic acids is 2. The molecular formula is C22H26O6. The molecule has 0 saturated heterocycles. The third-order valence-corrected chi connectivity index (χ3v) is 4.07. The van der Waals surface area contributed by atoms with E-state index in [0.717, 1.165) is 12.8 Å². The summed E-state index contributed by atoms with van der Waals surface area (Å²) in [5, 5.41) is 0. The zero-order valence-electron chi connectivity index (χ0n) is 16.7. The van der Waals surface area contributed by atoms with E-state index in [0.29, 0.717) is 29.6 Å². The Kier molecular flexibility index (Phi) is 7.87. The average Bonchev–Trinajstić information content (AvgIpc) is 2.71. The molecule has 0 radical (unpaired) electrons. The number of hydrogen-bond acceptors (Lipinski definition) is 6. The molecule has 0 unspecified atom stereocenters. The molecule has 0 heterocycles. The first-order valence-electron chi connectivity index (χ1n) is 9.16. The second-order valence-electron chi connectivity index (χ2n) is 6.63. The van der Waals surface area contributed by atoms with Crippen LogP contribution in [0.25, 0.3) is 0 Å². The van der Waals surface area contributed by atoms with Crippen molar-refractivity contribution in [3.05, 3.63) is 53.6 Å². The van der Waals surface area contributed by atoms with E-state index in [1.54, 1.807) is 36.4 Å². The lowest BCUT2D eigenvalue weighted by Gasteiger charge is -2.13. The summed E-state index contributed by atoms with van der Waals surface area (Å²) in [6, 6.07) is 11.3. The number of esters is 2. The molecule has 2 rings (SSSR count). The zero-order chi connectivity index (χ0) is 20.5. The van der Waals surface area contributed by atoms with Crippen LogP contribution < -0.4 is 14.2 Å². The van der Waals surface area contributed by atoms with E-state index in [4.69, 9.17) is 18.9 Å². The van der Waals surface area contributed by atoms with Gasteiger partial charge in [0.05, 0.1) is 32.0 Å². The third kappa shape index (κ3) is 5.74. The number of benzene rings is 2. The van der Waals surface area contributed by atoms with Crippen LogP contribution in [-0.2, 0) is 4.74 Å². The highest BCUT2D eigenvalue weighted by molar-refractivity contribution is 5.96. The number of hydrogen-bond donors (Lipinski definition) is 0. The molecule has 0 saturated carbocycles. The SMILES string of the molecule is COc1cccc(OC)c1OC(=O)c1cccc(C(=O)OCCCC(C)C)c1. The van der Waals surface area contributed by atoms with E-state index < -0.39 is 11.9 Å². The van der Waals surface area contributed by atoms with Gasteiger partial charge in [-0.25, -0.2) is 9.59 Å². The standard InChI is InChI=1S/C22H26O6/c1-15(2)8-7-13-27-21(23)16-9-5-10-17(14-16)22(24)28-20-18(25-3)11-6-12-19(20)26-4/h5-6,9-12,14-15H,7-8,13H2,1-4H3. The molecule has 0 N–H and O–H groups in total. The van der Waals surface area contributed by atoms with Crippen LogP contribution in [0.15, 0.2) is 42.5 Å². The molecule has 0 aliphatic carbocycles. The second-order valence-corrected chi connectivity index (χ2v) is 6.63. The minimum Gasteiger partial charge on any atom is -0.493 e. The highest BCUT2D eigenvalue weighted by Gasteiger charge is 2.18. The van der Waals surface area contributed by atoms with Crippen LogP contribution in [0.2, 0.25) is 0 Å². The van der Waals surface area contributed by atoms with E-state index in [1.807, 2.05) is 0 Å². The van der Waals surface area contributed by atoms with Gasteiger partial charge in [-0.3, -0.25) is 0 Å². The molecule has 0 spiro atoms. The molecule has 0 amide bonds. The maximum atomic E-state index is 12.6. The highest BCUT2D eigenvalue weighted by atomic mass is 16.6. The van der Waals surface area contributed by atoms with E-state index in [2.05, 4.69) is 13.8 Å². The van der Waals surface area contributed by atoms with Crippen molar-refractivity contribution in [3.8, 4) is 17.2 Å². The van der Waals surface area contributed by atoms with Crippen molar-refractivity contribution in [2.24, 2.45) is 5.92 Å². The molecule has 6 nitrogen and oxygen atoms in total. The average molecular weight is 386 g/mol. The van der Waals surface area contributed by atoms with Crippen LogP contribution in [0.1, 0.15) is 47.4 Å². The van der Waals surface area contributed by atoms with Crippen molar-refractivity contribution in [2.75, 3.05) is 20.8 Å². The predicted octanol–water partition coefficient (Wildman–Crippen LogP) is 4.52. The monoisotopic (exact) mass is 386 g/mol. The minimum atomic E-state index is -0.628. The summed E-state index contributed by atoms with van der Waals surface area (Å²) in [7, 11) is 2.95. The number of carbonyl (C=O) groups is 2. The maximum Gasteiger partial charge on any atom is 0.343 e. The summed E-state index contributed by atoms with van der Waals surface area (Å²) in [5.41, 5.74) is 0.524. The summed E-state index contributed by atoms with van der Waals surface area (Å²) in [6.45, 7) is 4.59. The largest absolute Gasteiger partial charge is 0.493 e. The van der Waals surface area contributed by atoms with Gasteiger partial charge >= 0.3 is 11.9 Å². The van der Waals surface area contributed by atoms with Crippen molar-refractivity contribution in [1.29, 1.82) is 0 Å². The highest BCUT2D eigenvalue weighted by Crippen LogP contribution is 2.37. The van der Waals surface area contributed by atoms with Gasteiger partial charge in [0.15, 0.2) is 11.5 Å². The molecule has 2 aromatic rings. The molecule has 150 valence electrons. The van der Waals surface area contributed by atoms with Crippen LogP contribution in [0, 0.1) is 5.92 Å². The summed E-state index contributed by atoms with van der Waals surface area (Å²) in [4.78, 5) is 24.8. The van der Waals surface area contributed by atoms with E-state index >= 15 is 0 Å². The molecule has 0 fully saturated rings. The minimum absolute atomic E-state index is 0.180. The topological polar surface area (TPSA) is 71.1 Å². The molecule has 6 heteroatoms. The molecule has 2 aromatic carbocycles. The second kappa shape index (κ2) is 10.3. The summed E-state index contributed by atoms with van der Waals surface area (Å²) < 4.78 is 21.2. The van der Waals surface area contributed by atoms with Crippen molar-refractivity contribution in [3.63, 3.8) is 0 Å². The van der Waals surface area contributed by atoms with Gasteiger partial charge in [-0.15, -0.1) is 0 Å². The Morgan fingerprint density at radius 3 is 2.04 bits per heavy atom. The van der Waals surface area contributed by atoms with Gasteiger partial charge in [-0.2, -0.15) is 0 Å². The molecule has 0 bridgehead atoms. The summed E-state index contributed by atoms with van der Waals surface area (Å²) in [5.74, 6) is 0.385. The first-order valence-corrected chi connectivity index (χ1v) is 9.16. The number of rotatable bonds is 9. The van der Waals surface area contributed by atoms with Gasteiger partial charge in [-0.05, 0) is 49.1 Å². The Bertz CT molecular complexity index is 790. The van der Waals surface area contributed by atoms with E-state index in [9.17, 15) is 9.59 Å². The lowest BCUT2D eigenvalue weighted by atomic mass is 10.1. The van der Waals surface area contributed by atoms with Crippen LogP contribution in [0.4, 0.5) is 0 Å². The van der Waals surface area contributed by atoms with Crippen LogP contribution in [0.3, 0.4) is 0 Å². The number of para-hydroxylation sites is 1. The predicted molar refractivity (Wildman–Crippen MR) is 105 cm³/mol. The van der Waals surface area contributed by atoms with Crippen molar-refractivity contribution in [2.45, 2.75) is 26.7 Å². The zero-order valence-corrected chi connectivity index (χ0v) is 16.7. The molecule has 0 aliphatic heterocycles. The molecule has 0 atom stereocenters. The van der Waals surface area contributed by atoms with Gasteiger partial charge in [0.25, 0.3) is 0 Å². The van der Waals surface area contributed by atoms with Crippen LogP contribution >= 0.6 is 0 Å². The van der Waals surface area contributed by atoms with E-state index in [1.165, 1.54) is 20.3 Å². The van der Waals surface area contributed by atoms with Gasteiger partial charge in [0.1, 0.15) is 0 Å². The first-order chi connectivity index (χ1) is 13.5. The maximum absolute atomic E-state index is 12.6. The van der Waals surface area contributed by atoms with Crippen molar-refractivity contribution in [1.82, 2.24) is 0 Å². The van der Waals surface area contributed by atoms with Gasteiger partial charge in [-0.1, -0.05) is 26.0 Å². The van der Waals surface area contributed by atoms with Gasteiger partial charge in [0.2, 0.25) is 5.75 Å². The Balaban J connectivity index is 2.09. The Morgan fingerprint density at radius 1 is 0.893 bits per heavy atom. The fourth-order valence-corrected chi connectivity index (χ4v) is 2.58. The Labute approximate surface area is 165 Å². The summed E-state index contributed by atoms with van der Waals surface area (Å²) >= 11 is 0. The van der Waals surface area contributed by atoms with Crippen molar-refractivity contribution >= 4 is 11.9 Å². The third-order valence-electron chi connectivity index (χ3n) is 4.07. The Hall–Kier alpha value is -3.02. The fraction of sp³-hybridized carbons (Fsp3) is 0.364. The number of ether oxygens (including phenoxy) is 4. The molecule has 0 aliphatic rings. The van der Waals surface area contributed by atoms with Gasteiger partial charge < -0.3 is 18.9 Å². The fourth-order valence-electron chi connectivity index (χ4n) is 2.58. The van der Waals surface area contributed by atoms with Crippen LogP contribution in [-0.4, -0.2) is 32.8 Å². The summed E-state index contributed by atoms with van der Waals surface area (Å²) in [6.07, 6.45) is 1.79. The van der Waals surface area contributed by atoms with Crippen molar-refractivity contribution < 1.29 is 28.5 Å². The molecule has 28 heavy (non-hydrogen) atoms.